The number of nitriles is 1. The normalized spacial score (nSPS) is 17.7. The van der Waals surface area contributed by atoms with Gasteiger partial charge in [0.15, 0.2) is 0 Å². The Balaban J connectivity index is 2.28. The fraction of sp³-hybridized carbons (Fsp3) is 0.625. The Kier molecular flexibility index (Phi) is 5.54. The van der Waals surface area contributed by atoms with Gasteiger partial charge in [-0.1, -0.05) is 0 Å². The second kappa shape index (κ2) is 7.39. The molecular weight excluding hydrogens is 264 g/mol. The summed E-state index contributed by atoms with van der Waals surface area (Å²) in [6, 6.07) is 4.81. The topological polar surface area (TPSA) is 61.2 Å². The molecule has 2 heterocycles. The lowest BCUT2D eigenvalue weighted by molar-refractivity contribution is 0.204. The van der Waals surface area contributed by atoms with E-state index in [1.165, 1.54) is 12.8 Å². The maximum Gasteiger partial charge on any atom is 0.103 e. The Hall–Kier alpha value is -1.64. The fourth-order valence-corrected chi connectivity index (χ4v) is 2.89. The van der Waals surface area contributed by atoms with Gasteiger partial charge in [0.1, 0.15) is 6.07 Å². The van der Waals surface area contributed by atoms with Crippen LogP contribution in [0.4, 0.5) is 5.69 Å². The molecule has 1 aliphatic rings. The highest BCUT2D eigenvalue weighted by atomic mass is 16.5. The van der Waals surface area contributed by atoms with Crippen molar-refractivity contribution >= 4 is 5.69 Å². The van der Waals surface area contributed by atoms with Crippen LogP contribution in [-0.4, -0.2) is 44.4 Å². The predicted molar refractivity (Wildman–Crippen MR) is 83.5 cm³/mol. The van der Waals surface area contributed by atoms with Crippen molar-refractivity contribution in [1.29, 1.82) is 5.26 Å². The monoisotopic (exact) mass is 288 g/mol. The number of aryl methyl sites for hydroxylation is 2. The van der Waals surface area contributed by atoms with Crippen molar-refractivity contribution in [3.63, 3.8) is 0 Å². The molecule has 0 bridgehead atoms. The lowest BCUT2D eigenvalue weighted by Gasteiger charge is -2.29. The standard InChI is InChI=1S/C16H24N4O/c1-12-9-16(15(10-17)13(2)19-12)20(7-8-21-3)11-14-5-4-6-18-14/h9,14,18H,4-8,11H2,1-3H3. The van der Waals surface area contributed by atoms with Crippen LogP contribution in [0.3, 0.4) is 0 Å². The average molecular weight is 288 g/mol. The van der Waals surface area contributed by atoms with Crippen LogP contribution in [0.15, 0.2) is 6.07 Å². The van der Waals surface area contributed by atoms with Crippen molar-refractivity contribution in [3.05, 3.63) is 23.0 Å². The zero-order valence-corrected chi connectivity index (χ0v) is 13.1. The SMILES string of the molecule is COCCN(CC1CCCN1)c1cc(C)nc(C)c1C#N. The first-order valence-corrected chi connectivity index (χ1v) is 7.51. The maximum atomic E-state index is 9.46. The second-order valence-corrected chi connectivity index (χ2v) is 5.59. The number of hydrogen-bond acceptors (Lipinski definition) is 5. The number of nitrogens with one attached hydrogen (secondary N) is 1. The number of hydrogen-bond donors (Lipinski definition) is 1. The summed E-state index contributed by atoms with van der Waals surface area (Å²) in [5, 5.41) is 13.0. The van der Waals surface area contributed by atoms with Gasteiger partial charge in [-0.25, -0.2) is 0 Å². The molecule has 0 radical (unpaired) electrons. The van der Waals surface area contributed by atoms with E-state index in [2.05, 4.69) is 21.3 Å². The Morgan fingerprint density at radius 1 is 1.52 bits per heavy atom. The molecule has 1 aromatic heterocycles. The van der Waals surface area contributed by atoms with Crippen LogP contribution in [0, 0.1) is 25.2 Å². The van der Waals surface area contributed by atoms with Crippen LogP contribution < -0.4 is 10.2 Å². The van der Waals surface area contributed by atoms with Crippen molar-refractivity contribution in [2.45, 2.75) is 32.7 Å². The fourth-order valence-electron chi connectivity index (χ4n) is 2.89. The molecule has 0 aliphatic carbocycles. The van der Waals surface area contributed by atoms with Gasteiger partial charge in [-0.3, -0.25) is 4.98 Å². The van der Waals surface area contributed by atoms with Gasteiger partial charge in [0.2, 0.25) is 0 Å². The highest BCUT2D eigenvalue weighted by Gasteiger charge is 2.21. The zero-order valence-electron chi connectivity index (χ0n) is 13.1. The Bertz CT molecular complexity index is 518. The van der Waals surface area contributed by atoms with Crippen molar-refractivity contribution < 1.29 is 4.74 Å². The molecule has 1 unspecified atom stereocenters. The molecule has 1 N–H and O–H groups in total. The van der Waals surface area contributed by atoms with E-state index in [0.717, 1.165) is 36.7 Å². The van der Waals surface area contributed by atoms with E-state index >= 15 is 0 Å². The first-order chi connectivity index (χ1) is 10.2. The molecule has 2 rings (SSSR count). The molecule has 1 saturated heterocycles. The molecule has 0 saturated carbocycles. The number of rotatable bonds is 6. The minimum Gasteiger partial charge on any atom is -0.383 e. The number of nitrogens with zero attached hydrogens (tertiary/aromatic N) is 3. The van der Waals surface area contributed by atoms with Gasteiger partial charge >= 0.3 is 0 Å². The van der Waals surface area contributed by atoms with E-state index in [1.54, 1.807) is 7.11 Å². The minimum absolute atomic E-state index is 0.488. The second-order valence-electron chi connectivity index (χ2n) is 5.59. The largest absolute Gasteiger partial charge is 0.383 e. The molecule has 1 aliphatic heterocycles. The third kappa shape index (κ3) is 3.93. The third-order valence-electron chi connectivity index (χ3n) is 3.93. The molecule has 1 atom stereocenters. The molecule has 1 aromatic rings. The first-order valence-electron chi connectivity index (χ1n) is 7.51. The van der Waals surface area contributed by atoms with Gasteiger partial charge in [0, 0.05) is 31.9 Å². The van der Waals surface area contributed by atoms with Crippen LogP contribution >= 0.6 is 0 Å². The van der Waals surface area contributed by atoms with E-state index < -0.39 is 0 Å². The summed E-state index contributed by atoms with van der Waals surface area (Å²) in [7, 11) is 1.71. The average Bonchev–Trinajstić information content (AvgIpc) is 2.95. The summed E-state index contributed by atoms with van der Waals surface area (Å²) in [4.78, 5) is 6.66. The Labute approximate surface area is 126 Å². The summed E-state index contributed by atoms with van der Waals surface area (Å²) >= 11 is 0. The molecule has 5 nitrogen and oxygen atoms in total. The lowest BCUT2D eigenvalue weighted by atomic mass is 10.1. The Morgan fingerprint density at radius 2 is 2.33 bits per heavy atom. The smallest absolute Gasteiger partial charge is 0.103 e. The van der Waals surface area contributed by atoms with E-state index in [9.17, 15) is 5.26 Å². The molecule has 5 heteroatoms. The van der Waals surface area contributed by atoms with Crippen LogP contribution in [0.25, 0.3) is 0 Å². The molecular formula is C16H24N4O. The highest BCUT2D eigenvalue weighted by molar-refractivity contribution is 5.61. The summed E-state index contributed by atoms with van der Waals surface area (Å²) in [5.41, 5.74) is 3.40. The van der Waals surface area contributed by atoms with Gasteiger partial charge in [-0.15, -0.1) is 0 Å². The molecule has 0 spiro atoms. The number of anilines is 1. The summed E-state index contributed by atoms with van der Waals surface area (Å²) in [6.07, 6.45) is 2.41. The van der Waals surface area contributed by atoms with E-state index in [4.69, 9.17) is 4.74 Å². The van der Waals surface area contributed by atoms with Gasteiger partial charge in [-0.05, 0) is 39.3 Å². The molecule has 0 amide bonds. The van der Waals surface area contributed by atoms with Gasteiger partial charge in [0.25, 0.3) is 0 Å². The van der Waals surface area contributed by atoms with Crippen LogP contribution in [0.5, 0.6) is 0 Å². The van der Waals surface area contributed by atoms with Crippen molar-refractivity contribution in [1.82, 2.24) is 10.3 Å². The zero-order chi connectivity index (χ0) is 15.2. The van der Waals surface area contributed by atoms with Gasteiger partial charge in [0.05, 0.1) is 23.6 Å². The number of aromatic nitrogens is 1. The van der Waals surface area contributed by atoms with Crippen LogP contribution in [0.2, 0.25) is 0 Å². The Morgan fingerprint density at radius 3 is 2.95 bits per heavy atom. The van der Waals surface area contributed by atoms with Gasteiger partial charge < -0.3 is 15.0 Å². The van der Waals surface area contributed by atoms with Crippen LogP contribution in [0.1, 0.15) is 29.8 Å². The molecule has 114 valence electrons. The van der Waals surface area contributed by atoms with Gasteiger partial charge in [-0.2, -0.15) is 5.26 Å². The first kappa shape index (κ1) is 15.7. The molecule has 1 fully saturated rings. The maximum absolute atomic E-state index is 9.46. The summed E-state index contributed by atoms with van der Waals surface area (Å²) < 4.78 is 5.23. The highest BCUT2D eigenvalue weighted by Crippen LogP contribution is 2.24. The van der Waals surface area contributed by atoms with Crippen molar-refractivity contribution in [2.24, 2.45) is 0 Å². The van der Waals surface area contributed by atoms with Crippen molar-refractivity contribution in [3.8, 4) is 6.07 Å². The van der Waals surface area contributed by atoms with E-state index in [1.807, 2.05) is 19.9 Å². The number of pyridine rings is 1. The van der Waals surface area contributed by atoms with E-state index in [-0.39, 0.29) is 0 Å². The molecule has 21 heavy (non-hydrogen) atoms. The minimum atomic E-state index is 0.488. The van der Waals surface area contributed by atoms with E-state index in [0.29, 0.717) is 18.2 Å². The van der Waals surface area contributed by atoms with Crippen LogP contribution in [-0.2, 0) is 4.74 Å². The number of methoxy groups -OCH3 is 1. The lowest BCUT2D eigenvalue weighted by Crippen LogP contribution is -2.39. The predicted octanol–water partition coefficient (Wildman–Crippen LogP) is 1.77. The summed E-state index contributed by atoms with van der Waals surface area (Å²) in [5.74, 6) is 0. The van der Waals surface area contributed by atoms with Crippen molar-refractivity contribution in [2.75, 3.05) is 38.3 Å². The third-order valence-corrected chi connectivity index (χ3v) is 3.93. The molecule has 0 aromatic carbocycles. The number of ether oxygens (including phenoxy) is 1. The quantitative estimate of drug-likeness (QED) is 0.864. The summed E-state index contributed by atoms with van der Waals surface area (Å²) in [6.45, 7) is 7.30.